The maximum absolute atomic E-state index is 13.4. The quantitative estimate of drug-likeness (QED) is 0.596. The van der Waals surface area contributed by atoms with Crippen LogP contribution in [0.2, 0.25) is 0 Å². The molecule has 6 heteroatoms. The smallest absolute Gasteiger partial charge is 0.184 e. The summed E-state index contributed by atoms with van der Waals surface area (Å²) in [6.45, 7) is 3.82. The molecule has 0 aliphatic rings. The van der Waals surface area contributed by atoms with Crippen LogP contribution in [0.25, 0.3) is 0 Å². The monoisotopic (exact) mass is 374 g/mol. The van der Waals surface area contributed by atoms with Gasteiger partial charge in [0.25, 0.3) is 0 Å². The minimum atomic E-state index is -0.922. The van der Waals surface area contributed by atoms with Crippen molar-refractivity contribution < 1.29 is 13.9 Å². The van der Waals surface area contributed by atoms with E-state index in [1.54, 1.807) is 30.5 Å². The van der Waals surface area contributed by atoms with E-state index in [-0.39, 0.29) is 17.6 Å². The third-order valence-electron chi connectivity index (χ3n) is 4.55. The highest BCUT2D eigenvalue weighted by Crippen LogP contribution is 2.43. The van der Waals surface area contributed by atoms with Crippen LogP contribution < -0.4 is 5.32 Å². The van der Waals surface area contributed by atoms with Crippen LogP contribution >= 0.6 is 11.3 Å². The van der Waals surface area contributed by atoms with Crippen LogP contribution in [0, 0.1) is 17.0 Å². The number of nitrogens with one attached hydrogen (secondary N) is 1. The molecule has 136 valence electrons. The van der Waals surface area contributed by atoms with Crippen molar-refractivity contribution in [1.29, 1.82) is 0 Å². The fourth-order valence-electron chi connectivity index (χ4n) is 3.12. The number of anilines is 1. The number of halogens is 2. The van der Waals surface area contributed by atoms with Gasteiger partial charge in [-0.3, -0.25) is 0 Å². The van der Waals surface area contributed by atoms with Crippen molar-refractivity contribution >= 4 is 16.5 Å². The summed E-state index contributed by atoms with van der Waals surface area (Å²) >= 11 is 1.39. The van der Waals surface area contributed by atoms with Gasteiger partial charge in [-0.25, -0.2) is 13.8 Å². The predicted molar refractivity (Wildman–Crippen MR) is 100 cm³/mol. The molecule has 0 aliphatic heterocycles. The molecule has 26 heavy (non-hydrogen) atoms. The first kappa shape index (κ1) is 18.5. The van der Waals surface area contributed by atoms with E-state index in [1.807, 2.05) is 19.2 Å². The number of aromatic nitrogens is 1. The number of hydrogen-bond acceptors (Lipinski definition) is 4. The molecule has 0 fully saturated rings. The molecule has 0 saturated carbocycles. The highest BCUT2D eigenvalue weighted by atomic mass is 32.1. The number of aliphatic hydroxyl groups is 1. The summed E-state index contributed by atoms with van der Waals surface area (Å²) < 4.78 is 26.8. The van der Waals surface area contributed by atoms with Crippen LogP contribution in [0.5, 0.6) is 0 Å². The summed E-state index contributed by atoms with van der Waals surface area (Å²) in [4.78, 5) is 4.15. The normalized spacial score (nSPS) is 13.0. The molecular weight excluding hydrogens is 354 g/mol. The summed E-state index contributed by atoms with van der Waals surface area (Å²) in [6, 6.07) is 12.3. The second-order valence-electron chi connectivity index (χ2n) is 6.74. The van der Waals surface area contributed by atoms with E-state index in [1.165, 1.54) is 35.6 Å². The highest BCUT2D eigenvalue weighted by Gasteiger charge is 2.39. The topological polar surface area (TPSA) is 45.1 Å². The van der Waals surface area contributed by atoms with Crippen molar-refractivity contribution in [2.24, 2.45) is 5.41 Å². The molecular formula is C20H20F2N2OS. The Bertz CT molecular complexity index is 788. The molecule has 3 rings (SSSR count). The third kappa shape index (κ3) is 3.92. The molecule has 0 saturated heterocycles. The van der Waals surface area contributed by atoms with Crippen molar-refractivity contribution in [2.45, 2.75) is 26.0 Å². The van der Waals surface area contributed by atoms with Gasteiger partial charge < -0.3 is 10.4 Å². The summed E-state index contributed by atoms with van der Waals surface area (Å²) in [5.41, 5.74) is 0.979. The Morgan fingerprint density at radius 1 is 0.962 bits per heavy atom. The second-order valence-corrected chi connectivity index (χ2v) is 7.64. The molecule has 0 aliphatic carbocycles. The Labute approximate surface area is 155 Å². The van der Waals surface area contributed by atoms with Gasteiger partial charge in [0, 0.05) is 22.9 Å². The zero-order valence-electron chi connectivity index (χ0n) is 14.5. The number of benzene rings is 2. The third-order valence-corrected chi connectivity index (χ3v) is 5.25. The van der Waals surface area contributed by atoms with Gasteiger partial charge in [0.15, 0.2) is 5.13 Å². The van der Waals surface area contributed by atoms with Crippen LogP contribution in [-0.2, 0) is 0 Å². The molecule has 0 spiro atoms. The SMILES string of the molecule is CC(C)(C(O)Nc1nccs1)C(c1ccc(F)cc1)c1ccc(F)cc1. The lowest BCUT2D eigenvalue weighted by Gasteiger charge is -2.39. The van der Waals surface area contributed by atoms with Gasteiger partial charge in [-0.1, -0.05) is 38.1 Å². The molecule has 0 amide bonds. The number of rotatable bonds is 6. The molecule has 1 aromatic heterocycles. The van der Waals surface area contributed by atoms with E-state index in [2.05, 4.69) is 10.3 Å². The average Bonchev–Trinajstić information content (AvgIpc) is 3.11. The Hall–Kier alpha value is -2.31. The summed E-state index contributed by atoms with van der Waals surface area (Å²) in [6.07, 6.45) is 0.734. The van der Waals surface area contributed by atoms with Crippen molar-refractivity contribution in [3.05, 3.63) is 82.9 Å². The molecule has 2 aromatic carbocycles. The minimum Gasteiger partial charge on any atom is -0.373 e. The lowest BCUT2D eigenvalue weighted by molar-refractivity contribution is 0.0613. The summed E-state index contributed by atoms with van der Waals surface area (Å²) in [5.74, 6) is -0.942. The Kier molecular flexibility index (Phi) is 5.34. The molecule has 1 unspecified atom stereocenters. The van der Waals surface area contributed by atoms with Gasteiger partial charge in [0.05, 0.1) is 0 Å². The van der Waals surface area contributed by atoms with Gasteiger partial charge >= 0.3 is 0 Å². The van der Waals surface area contributed by atoms with Crippen LogP contribution in [0.15, 0.2) is 60.1 Å². The predicted octanol–water partition coefficient (Wildman–Crippen LogP) is 5.01. The van der Waals surface area contributed by atoms with Crippen molar-refractivity contribution in [3.63, 3.8) is 0 Å². The van der Waals surface area contributed by atoms with E-state index >= 15 is 0 Å². The van der Waals surface area contributed by atoms with E-state index < -0.39 is 11.6 Å². The van der Waals surface area contributed by atoms with E-state index in [4.69, 9.17) is 0 Å². The Balaban J connectivity index is 2.00. The molecule has 1 heterocycles. The summed E-state index contributed by atoms with van der Waals surface area (Å²) in [5, 5.41) is 16.3. The maximum Gasteiger partial charge on any atom is 0.184 e. The largest absolute Gasteiger partial charge is 0.373 e. The van der Waals surface area contributed by atoms with Gasteiger partial charge in [-0.2, -0.15) is 0 Å². The standard InChI is InChI=1S/C20H20F2N2OS/c1-20(2,18(25)24-19-23-11-12-26-19)17(13-3-7-15(21)8-4-13)14-5-9-16(22)10-6-14/h3-12,17-18,25H,1-2H3,(H,23,24). The van der Waals surface area contributed by atoms with Crippen molar-refractivity contribution in [3.8, 4) is 0 Å². The Morgan fingerprint density at radius 2 is 1.46 bits per heavy atom. The van der Waals surface area contributed by atoms with E-state index in [0.29, 0.717) is 5.13 Å². The lowest BCUT2D eigenvalue weighted by Crippen LogP contribution is -2.41. The second kappa shape index (κ2) is 7.51. The van der Waals surface area contributed by atoms with E-state index in [0.717, 1.165) is 11.1 Å². The van der Waals surface area contributed by atoms with E-state index in [9.17, 15) is 13.9 Å². The minimum absolute atomic E-state index is 0.286. The van der Waals surface area contributed by atoms with Gasteiger partial charge in [0.2, 0.25) is 0 Å². The van der Waals surface area contributed by atoms with Crippen LogP contribution in [0.1, 0.15) is 30.9 Å². The van der Waals surface area contributed by atoms with Gasteiger partial charge in [-0.15, -0.1) is 11.3 Å². The average molecular weight is 374 g/mol. The first-order valence-corrected chi connectivity index (χ1v) is 9.11. The van der Waals surface area contributed by atoms with Crippen molar-refractivity contribution in [1.82, 2.24) is 4.98 Å². The van der Waals surface area contributed by atoms with Crippen LogP contribution in [0.3, 0.4) is 0 Å². The Morgan fingerprint density at radius 3 is 1.88 bits per heavy atom. The highest BCUT2D eigenvalue weighted by molar-refractivity contribution is 7.13. The number of nitrogens with zero attached hydrogens (tertiary/aromatic N) is 1. The first-order chi connectivity index (χ1) is 12.4. The molecule has 0 bridgehead atoms. The molecule has 3 nitrogen and oxygen atoms in total. The van der Waals surface area contributed by atoms with Crippen LogP contribution in [-0.4, -0.2) is 16.3 Å². The lowest BCUT2D eigenvalue weighted by atomic mass is 9.70. The molecule has 1 atom stereocenters. The number of hydrogen-bond donors (Lipinski definition) is 2. The number of aliphatic hydroxyl groups excluding tert-OH is 1. The zero-order chi connectivity index (χ0) is 18.7. The molecule has 2 N–H and O–H groups in total. The van der Waals surface area contributed by atoms with Gasteiger partial charge in [0.1, 0.15) is 17.9 Å². The zero-order valence-corrected chi connectivity index (χ0v) is 15.3. The molecule has 0 radical (unpaired) electrons. The van der Waals surface area contributed by atoms with Crippen LogP contribution in [0.4, 0.5) is 13.9 Å². The fourth-order valence-corrected chi connectivity index (χ4v) is 3.67. The fraction of sp³-hybridized carbons (Fsp3) is 0.250. The summed E-state index contributed by atoms with van der Waals surface area (Å²) in [7, 11) is 0. The first-order valence-electron chi connectivity index (χ1n) is 8.23. The van der Waals surface area contributed by atoms with Gasteiger partial charge in [-0.05, 0) is 35.4 Å². The molecule has 3 aromatic rings. The maximum atomic E-state index is 13.4. The number of thiazole rings is 1. The van der Waals surface area contributed by atoms with Crippen molar-refractivity contribution in [2.75, 3.05) is 5.32 Å².